The quantitative estimate of drug-likeness (QED) is 0.599. The van der Waals surface area contributed by atoms with Crippen LogP contribution in [0, 0.1) is 5.41 Å². The molecule has 4 nitrogen and oxygen atoms in total. The van der Waals surface area contributed by atoms with Crippen molar-refractivity contribution in [1.82, 2.24) is 5.32 Å². The number of alkyl halides is 1. The van der Waals surface area contributed by atoms with Gasteiger partial charge in [0, 0.05) is 24.6 Å². The van der Waals surface area contributed by atoms with Gasteiger partial charge in [0.05, 0.1) is 13.2 Å². The summed E-state index contributed by atoms with van der Waals surface area (Å²) >= 11 is 3.30. The molecule has 17 heavy (non-hydrogen) atoms. The average Bonchev–Trinajstić information content (AvgIpc) is 2.31. The first kappa shape index (κ1) is 14.9. The number of halogens is 1. The topological polar surface area (TPSA) is 47.6 Å². The molecule has 100 valence electrons. The molecule has 0 heterocycles. The maximum atomic E-state index is 11.2. The summed E-state index contributed by atoms with van der Waals surface area (Å²) in [6.07, 6.45) is 1.32. The molecule has 5 heteroatoms. The van der Waals surface area contributed by atoms with Crippen molar-refractivity contribution in [3.8, 4) is 0 Å². The molecule has 0 amide bonds. The number of nitrogens with one attached hydrogen (secondary N) is 1. The summed E-state index contributed by atoms with van der Waals surface area (Å²) in [7, 11) is 1.40. The number of esters is 1. The molecule has 0 aliphatic heterocycles. The van der Waals surface area contributed by atoms with Gasteiger partial charge in [-0.3, -0.25) is 4.79 Å². The van der Waals surface area contributed by atoms with E-state index >= 15 is 0 Å². The van der Waals surface area contributed by atoms with Crippen LogP contribution >= 0.6 is 15.9 Å². The Hall–Kier alpha value is -0.130. The Morgan fingerprint density at radius 3 is 2.71 bits per heavy atom. The Kier molecular flexibility index (Phi) is 5.41. The molecular formula is C12H22BrNO3. The molecule has 1 saturated carbocycles. The molecule has 0 aromatic rings. The molecule has 0 spiro atoms. The summed E-state index contributed by atoms with van der Waals surface area (Å²) in [5.74, 6) is -0.240. The van der Waals surface area contributed by atoms with Gasteiger partial charge >= 0.3 is 5.97 Å². The highest BCUT2D eigenvalue weighted by Crippen LogP contribution is 2.42. The van der Waals surface area contributed by atoms with Crippen molar-refractivity contribution in [3.05, 3.63) is 0 Å². The van der Waals surface area contributed by atoms with E-state index in [4.69, 9.17) is 4.74 Å². The number of carbonyl (C=O) groups excluding carboxylic acids is 1. The third-order valence-corrected chi connectivity index (χ3v) is 4.24. The van der Waals surface area contributed by atoms with Crippen molar-refractivity contribution in [2.24, 2.45) is 5.41 Å². The fraction of sp³-hybridized carbons (Fsp3) is 0.917. The van der Waals surface area contributed by atoms with E-state index in [9.17, 15) is 4.79 Å². The van der Waals surface area contributed by atoms with Gasteiger partial charge in [-0.2, -0.15) is 0 Å². The first-order valence-electron chi connectivity index (χ1n) is 6.00. The minimum absolute atomic E-state index is 0.124. The van der Waals surface area contributed by atoms with Crippen molar-refractivity contribution in [1.29, 1.82) is 0 Å². The monoisotopic (exact) mass is 307 g/mol. The number of hydrogen-bond donors (Lipinski definition) is 1. The standard InChI is InChI=1S/C12H22BrNO3/c1-5-17-10-6-9(12(10,2)3)14-7-8(13)11(15)16-4/h8-10,14H,5-7H2,1-4H3. The molecule has 0 radical (unpaired) electrons. The molecule has 0 aromatic carbocycles. The van der Waals surface area contributed by atoms with Gasteiger partial charge < -0.3 is 14.8 Å². The van der Waals surface area contributed by atoms with Gasteiger partial charge in [-0.15, -0.1) is 0 Å². The van der Waals surface area contributed by atoms with Crippen LogP contribution in [-0.4, -0.2) is 43.2 Å². The van der Waals surface area contributed by atoms with Crippen molar-refractivity contribution >= 4 is 21.9 Å². The summed E-state index contributed by atoms with van der Waals surface area (Å²) in [6.45, 7) is 7.73. The van der Waals surface area contributed by atoms with Crippen LogP contribution in [0.25, 0.3) is 0 Å². The maximum Gasteiger partial charge on any atom is 0.320 e. The van der Waals surface area contributed by atoms with Gasteiger partial charge in [0.1, 0.15) is 4.83 Å². The summed E-state index contributed by atoms with van der Waals surface area (Å²) in [5, 5.41) is 3.39. The number of ether oxygens (including phenoxy) is 2. The van der Waals surface area contributed by atoms with Crippen molar-refractivity contribution in [2.45, 2.75) is 44.2 Å². The number of rotatable bonds is 6. The van der Waals surface area contributed by atoms with Crippen molar-refractivity contribution < 1.29 is 14.3 Å². The van der Waals surface area contributed by atoms with E-state index in [0.717, 1.165) is 13.0 Å². The van der Waals surface area contributed by atoms with E-state index in [2.05, 4.69) is 39.8 Å². The van der Waals surface area contributed by atoms with Crippen molar-refractivity contribution in [2.75, 3.05) is 20.3 Å². The fourth-order valence-corrected chi connectivity index (χ4v) is 2.55. The molecule has 1 aliphatic carbocycles. The molecule has 3 atom stereocenters. The third-order valence-electron chi connectivity index (χ3n) is 3.55. The molecule has 1 rings (SSSR count). The Morgan fingerprint density at radius 2 is 2.24 bits per heavy atom. The van der Waals surface area contributed by atoms with E-state index in [1.807, 2.05) is 6.92 Å². The average molecular weight is 308 g/mol. The third kappa shape index (κ3) is 3.42. The largest absolute Gasteiger partial charge is 0.468 e. The van der Waals surface area contributed by atoms with E-state index in [1.54, 1.807) is 0 Å². The highest BCUT2D eigenvalue weighted by Gasteiger charge is 2.48. The van der Waals surface area contributed by atoms with Crippen LogP contribution in [0.15, 0.2) is 0 Å². The second-order valence-electron chi connectivity index (χ2n) is 4.95. The van der Waals surface area contributed by atoms with Gasteiger partial charge in [0.25, 0.3) is 0 Å². The molecule has 1 N–H and O–H groups in total. The highest BCUT2D eigenvalue weighted by molar-refractivity contribution is 9.10. The SMILES string of the molecule is CCOC1CC(NCC(Br)C(=O)OC)C1(C)C. The zero-order valence-electron chi connectivity index (χ0n) is 11.0. The molecule has 1 fully saturated rings. The smallest absolute Gasteiger partial charge is 0.320 e. The summed E-state index contributed by atoms with van der Waals surface area (Å²) < 4.78 is 10.3. The first-order valence-corrected chi connectivity index (χ1v) is 6.91. The lowest BCUT2D eigenvalue weighted by molar-refractivity contribution is -0.140. The van der Waals surface area contributed by atoms with E-state index in [0.29, 0.717) is 18.7 Å². The predicted octanol–water partition coefficient (Wildman–Crippen LogP) is 1.72. The van der Waals surface area contributed by atoms with Gasteiger partial charge in [-0.25, -0.2) is 0 Å². The minimum atomic E-state index is -0.283. The number of methoxy groups -OCH3 is 1. The fourth-order valence-electron chi connectivity index (χ4n) is 2.17. The number of hydrogen-bond acceptors (Lipinski definition) is 4. The van der Waals surface area contributed by atoms with E-state index in [-0.39, 0.29) is 16.2 Å². The van der Waals surface area contributed by atoms with E-state index < -0.39 is 0 Å². The zero-order valence-corrected chi connectivity index (χ0v) is 12.5. The second-order valence-corrected chi connectivity index (χ2v) is 6.06. The van der Waals surface area contributed by atoms with E-state index in [1.165, 1.54) is 7.11 Å². The van der Waals surface area contributed by atoms with Crippen LogP contribution in [0.2, 0.25) is 0 Å². The van der Waals surface area contributed by atoms with Gasteiger partial charge in [-0.05, 0) is 13.3 Å². The lowest BCUT2D eigenvalue weighted by atomic mass is 9.64. The normalized spacial score (nSPS) is 28.3. The van der Waals surface area contributed by atoms with Crippen LogP contribution in [-0.2, 0) is 14.3 Å². The Balaban J connectivity index is 2.33. The zero-order chi connectivity index (χ0) is 13.1. The van der Waals surface area contributed by atoms with Gasteiger partial charge in [0.2, 0.25) is 0 Å². The second kappa shape index (κ2) is 6.16. The maximum absolute atomic E-state index is 11.2. The van der Waals surface area contributed by atoms with Gasteiger partial charge in [-0.1, -0.05) is 29.8 Å². The van der Waals surface area contributed by atoms with Crippen LogP contribution in [0.4, 0.5) is 0 Å². The van der Waals surface area contributed by atoms with Crippen LogP contribution < -0.4 is 5.32 Å². The molecule has 1 aliphatic rings. The van der Waals surface area contributed by atoms with Gasteiger partial charge in [0.15, 0.2) is 0 Å². The molecule has 0 saturated heterocycles. The molecule has 3 unspecified atom stereocenters. The van der Waals surface area contributed by atoms with Crippen LogP contribution in [0.5, 0.6) is 0 Å². The molecule has 0 aromatic heterocycles. The number of carbonyl (C=O) groups is 1. The minimum Gasteiger partial charge on any atom is -0.468 e. The van der Waals surface area contributed by atoms with Crippen LogP contribution in [0.3, 0.4) is 0 Å². The Bertz CT molecular complexity index is 270. The summed E-state index contributed by atoms with van der Waals surface area (Å²) in [6, 6.07) is 0.392. The highest BCUT2D eigenvalue weighted by atomic mass is 79.9. The Labute approximate surface area is 112 Å². The van der Waals surface area contributed by atoms with Crippen LogP contribution in [0.1, 0.15) is 27.2 Å². The molecule has 0 bridgehead atoms. The molecular weight excluding hydrogens is 286 g/mol. The summed E-state index contributed by atoms with van der Waals surface area (Å²) in [5.41, 5.74) is 0.124. The lowest BCUT2D eigenvalue weighted by Gasteiger charge is -2.52. The summed E-state index contributed by atoms with van der Waals surface area (Å²) in [4.78, 5) is 10.9. The Morgan fingerprint density at radius 1 is 1.59 bits per heavy atom. The predicted molar refractivity (Wildman–Crippen MR) is 70.3 cm³/mol. The van der Waals surface area contributed by atoms with Crippen molar-refractivity contribution in [3.63, 3.8) is 0 Å². The first-order chi connectivity index (χ1) is 7.93. The lowest BCUT2D eigenvalue weighted by Crippen LogP contribution is -2.61.